The third kappa shape index (κ3) is 2.37. The number of aromatic nitrogens is 1. The molecule has 0 saturated heterocycles. The quantitative estimate of drug-likeness (QED) is 0.917. The third-order valence-electron chi connectivity index (χ3n) is 2.47. The summed E-state index contributed by atoms with van der Waals surface area (Å²) in [5.74, 6) is 0. The van der Waals surface area contributed by atoms with Gasteiger partial charge < -0.3 is 5.32 Å². The molecule has 1 N–H and O–H groups in total. The van der Waals surface area contributed by atoms with Crippen LogP contribution in [0.2, 0.25) is 0 Å². The van der Waals surface area contributed by atoms with Gasteiger partial charge in [0.25, 0.3) is 0 Å². The van der Waals surface area contributed by atoms with Crippen LogP contribution in [-0.2, 0) is 0 Å². The molecule has 1 unspecified atom stereocenters. The zero-order valence-electron chi connectivity index (χ0n) is 9.37. The molecule has 2 rings (SSSR count). The van der Waals surface area contributed by atoms with Gasteiger partial charge in [0.15, 0.2) is 0 Å². The number of nitrogens with zero attached hydrogens (tertiary/aromatic N) is 1. The molecule has 1 atom stereocenters. The second kappa shape index (κ2) is 4.96. The van der Waals surface area contributed by atoms with Gasteiger partial charge in [-0.3, -0.25) is 0 Å². The molecule has 0 aromatic carbocycles. The predicted octanol–water partition coefficient (Wildman–Crippen LogP) is 4.22. The zero-order valence-corrected chi connectivity index (χ0v) is 12.6. The Balaban J connectivity index is 2.31. The standard InChI is InChI=1S/C11H13BrN2S2/c1-6(13-3)9-5-15-11(14-9)10-4-8(12)7(2)16-10/h4-6,13H,1-3H3. The maximum absolute atomic E-state index is 4.65. The second-order valence-corrected chi connectivity index (χ2v) is 6.57. The Kier molecular flexibility index (Phi) is 3.79. The average Bonchev–Trinajstić information content (AvgIpc) is 2.86. The van der Waals surface area contributed by atoms with Gasteiger partial charge in [-0.15, -0.1) is 22.7 Å². The molecule has 86 valence electrons. The van der Waals surface area contributed by atoms with Crippen LogP contribution in [0.15, 0.2) is 15.9 Å². The molecule has 2 heterocycles. The number of hydrogen-bond acceptors (Lipinski definition) is 4. The summed E-state index contributed by atoms with van der Waals surface area (Å²) >= 11 is 7.03. The Labute approximate surface area is 112 Å². The Bertz CT molecular complexity index is 470. The van der Waals surface area contributed by atoms with Gasteiger partial charge in [0.1, 0.15) is 5.01 Å². The number of thiophene rings is 1. The maximum atomic E-state index is 4.65. The molecule has 16 heavy (non-hydrogen) atoms. The van der Waals surface area contributed by atoms with Crippen LogP contribution < -0.4 is 5.32 Å². The fourth-order valence-corrected chi connectivity index (χ4v) is 3.82. The first-order valence-electron chi connectivity index (χ1n) is 5.00. The SMILES string of the molecule is CNC(C)c1csc(-c2cc(Br)c(C)s2)n1. The minimum Gasteiger partial charge on any atom is -0.312 e. The van der Waals surface area contributed by atoms with Gasteiger partial charge in [0, 0.05) is 20.8 Å². The molecule has 2 aromatic heterocycles. The van der Waals surface area contributed by atoms with Crippen LogP contribution in [0.1, 0.15) is 23.5 Å². The maximum Gasteiger partial charge on any atom is 0.133 e. The van der Waals surface area contributed by atoms with E-state index in [1.165, 1.54) is 14.2 Å². The number of halogens is 1. The van der Waals surface area contributed by atoms with Gasteiger partial charge >= 0.3 is 0 Å². The van der Waals surface area contributed by atoms with E-state index in [9.17, 15) is 0 Å². The third-order valence-corrected chi connectivity index (χ3v) is 5.63. The number of hydrogen-bond donors (Lipinski definition) is 1. The van der Waals surface area contributed by atoms with E-state index in [-0.39, 0.29) is 0 Å². The molecule has 0 amide bonds. The van der Waals surface area contributed by atoms with Crippen molar-refractivity contribution in [1.29, 1.82) is 0 Å². The van der Waals surface area contributed by atoms with Crippen molar-refractivity contribution in [3.05, 3.63) is 26.5 Å². The normalized spacial score (nSPS) is 13.0. The summed E-state index contributed by atoms with van der Waals surface area (Å²) in [6, 6.07) is 2.46. The topological polar surface area (TPSA) is 24.9 Å². The molecule has 0 aliphatic heterocycles. The summed E-state index contributed by atoms with van der Waals surface area (Å²) in [4.78, 5) is 7.19. The molecule has 0 bridgehead atoms. The van der Waals surface area contributed by atoms with E-state index in [2.05, 4.69) is 51.5 Å². The zero-order chi connectivity index (χ0) is 11.7. The van der Waals surface area contributed by atoms with Crippen molar-refractivity contribution in [3.63, 3.8) is 0 Å². The molecule has 0 spiro atoms. The van der Waals surface area contributed by atoms with E-state index >= 15 is 0 Å². The summed E-state index contributed by atoms with van der Waals surface area (Å²) < 4.78 is 1.17. The minimum atomic E-state index is 0.314. The number of rotatable bonds is 3. The summed E-state index contributed by atoms with van der Waals surface area (Å²) in [5.41, 5.74) is 1.12. The molecule has 5 heteroatoms. The molecule has 2 nitrogen and oxygen atoms in total. The first-order valence-corrected chi connectivity index (χ1v) is 7.49. The number of thiazole rings is 1. The molecule has 0 aliphatic carbocycles. The lowest BCUT2D eigenvalue weighted by Crippen LogP contribution is -2.12. The summed E-state index contributed by atoms with van der Waals surface area (Å²) in [6.07, 6.45) is 0. The Hall–Kier alpha value is -0.230. The second-order valence-electron chi connectivity index (χ2n) is 3.60. The summed E-state index contributed by atoms with van der Waals surface area (Å²) in [7, 11) is 1.95. The van der Waals surface area contributed by atoms with E-state index in [0.29, 0.717) is 6.04 Å². The van der Waals surface area contributed by atoms with Crippen LogP contribution in [0, 0.1) is 6.92 Å². The van der Waals surface area contributed by atoms with Crippen molar-refractivity contribution in [3.8, 4) is 9.88 Å². The van der Waals surface area contributed by atoms with Gasteiger partial charge in [-0.25, -0.2) is 4.98 Å². The largest absolute Gasteiger partial charge is 0.312 e. The smallest absolute Gasteiger partial charge is 0.133 e. The van der Waals surface area contributed by atoms with E-state index in [0.717, 1.165) is 10.7 Å². The summed E-state index contributed by atoms with van der Waals surface area (Å²) in [6.45, 7) is 4.23. The Morgan fingerprint density at radius 2 is 2.25 bits per heavy atom. The molecule has 2 aromatic rings. The van der Waals surface area contributed by atoms with Gasteiger partial charge in [-0.05, 0) is 42.9 Å². The Morgan fingerprint density at radius 1 is 1.50 bits per heavy atom. The van der Waals surface area contributed by atoms with Crippen molar-refractivity contribution in [2.45, 2.75) is 19.9 Å². The highest BCUT2D eigenvalue weighted by molar-refractivity contribution is 9.10. The molecule has 0 aliphatic rings. The van der Waals surface area contributed by atoms with Gasteiger partial charge in [-0.2, -0.15) is 0 Å². The van der Waals surface area contributed by atoms with Gasteiger partial charge in [0.05, 0.1) is 10.6 Å². The van der Waals surface area contributed by atoms with Gasteiger partial charge in [-0.1, -0.05) is 0 Å². The lowest BCUT2D eigenvalue weighted by Gasteiger charge is -2.04. The summed E-state index contributed by atoms with van der Waals surface area (Å²) in [5, 5.41) is 6.43. The fraction of sp³-hybridized carbons (Fsp3) is 0.364. The predicted molar refractivity (Wildman–Crippen MR) is 75.3 cm³/mol. The first-order chi connectivity index (χ1) is 7.61. The molecular weight excluding hydrogens is 304 g/mol. The lowest BCUT2D eigenvalue weighted by atomic mass is 10.3. The van der Waals surface area contributed by atoms with E-state index in [1.807, 2.05) is 7.05 Å². The van der Waals surface area contributed by atoms with Crippen molar-refractivity contribution in [2.24, 2.45) is 0 Å². The van der Waals surface area contributed by atoms with Crippen LogP contribution in [0.5, 0.6) is 0 Å². The van der Waals surface area contributed by atoms with Crippen molar-refractivity contribution in [1.82, 2.24) is 10.3 Å². The van der Waals surface area contributed by atoms with Crippen LogP contribution in [0.25, 0.3) is 9.88 Å². The first kappa shape index (κ1) is 12.2. The van der Waals surface area contributed by atoms with E-state index in [4.69, 9.17) is 0 Å². The van der Waals surface area contributed by atoms with Crippen LogP contribution in [-0.4, -0.2) is 12.0 Å². The van der Waals surface area contributed by atoms with Crippen LogP contribution >= 0.6 is 38.6 Å². The van der Waals surface area contributed by atoms with Crippen LogP contribution in [0.4, 0.5) is 0 Å². The Morgan fingerprint density at radius 3 is 2.81 bits per heavy atom. The minimum absolute atomic E-state index is 0.314. The highest BCUT2D eigenvalue weighted by Crippen LogP contribution is 2.36. The monoisotopic (exact) mass is 316 g/mol. The van der Waals surface area contributed by atoms with Gasteiger partial charge in [0.2, 0.25) is 0 Å². The van der Waals surface area contributed by atoms with Crippen LogP contribution in [0.3, 0.4) is 0 Å². The van der Waals surface area contributed by atoms with Crippen molar-refractivity contribution < 1.29 is 0 Å². The molecular formula is C11H13BrN2S2. The number of nitrogens with one attached hydrogen (secondary N) is 1. The molecule has 0 radical (unpaired) electrons. The fourth-order valence-electron chi connectivity index (χ4n) is 1.31. The highest BCUT2D eigenvalue weighted by atomic mass is 79.9. The van der Waals surface area contributed by atoms with E-state index in [1.54, 1.807) is 22.7 Å². The van der Waals surface area contributed by atoms with E-state index < -0.39 is 0 Å². The molecule has 0 fully saturated rings. The van der Waals surface area contributed by atoms with Crippen molar-refractivity contribution >= 4 is 38.6 Å². The average molecular weight is 317 g/mol. The number of aryl methyl sites for hydroxylation is 1. The van der Waals surface area contributed by atoms with Crippen molar-refractivity contribution in [2.75, 3.05) is 7.05 Å². The molecule has 0 saturated carbocycles. The lowest BCUT2D eigenvalue weighted by molar-refractivity contribution is 0.637. The highest BCUT2D eigenvalue weighted by Gasteiger charge is 2.12.